The second-order valence-corrected chi connectivity index (χ2v) is 5.14. The third-order valence-electron chi connectivity index (χ3n) is 3.13. The molecule has 2 N–H and O–H groups in total. The van der Waals surface area contributed by atoms with Crippen molar-refractivity contribution in [2.45, 2.75) is 13.8 Å². The molecule has 2 aromatic carbocycles. The summed E-state index contributed by atoms with van der Waals surface area (Å²) in [6, 6.07) is 13.5. The van der Waals surface area contributed by atoms with E-state index in [0.29, 0.717) is 22.7 Å². The van der Waals surface area contributed by atoms with Gasteiger partial charge in [-0.25, -0.2) is 0 Å². The van der Waals surface area contributed by atoms with Crippen LogP contribution in [0.25, 0.3) is 0 Å². The van der Waals surface area contributed by atoms with E-state index in [0.717, 1.165) is 0 Å². The van der Waals surface area contributed by atoms with Crippen LogP contribution in [0.1, 0.15) is 24.2 Å². The van der Waals surface area contributed by atoms with Crippen LogP contribution in [0.2, 0.25) is 0 Å². The minimum absolute atomic E-state index is 0.125. The SMILES string of the molecule is CC(=O)Nc1ccc(OCC(=O)Nc2ccccc2C(C)=O)cc1. The molecule has 6 heteroatoms. The van der Waals surface area contributed by atoms with Crippen LogP contribution in [-0.2, 0) is 9.59 Å². The van der Waals surface area contributed by atoms with Crippen LogP contribution in [0.15, 0.2) is 48.5 Å². The van der Waals surface area contributed by atoms with Crippen molar-refractivity contribution in [3.63, 3.8) is 0 Å². The van der Waals surface area contributed by atoms with Crippen LogP contribution in [0, 0.1) is 0 Å². The molecular formula is C18H18N2O4. The molecule has 0 radical (unpaired) electrons. The van der Waals surface area contributed by atoms with Gasteiger partial charge in [-0.05, 0) is 43.3 Å². The van der Waals surface area contributed by atoms with Gasteiger partial charge in [-0.15, -0.1) is 0 Å². The van der Waals surface area contributed by atoms with Crippen LogP contribution in [0.3, 0.4) is 0 Å². The molecule has 2 aromatic rings. The highest BCUT2D eigenvalue weighted by molar-refractivity contribution is 6.03. The van der Waals surface area contributed by atoms with Gasteiger partial charge in [-0.3, -0.25) is 14.4 Å². The minimum atomic E-state index is -0.366. The lowest BCUT2D eigenvalue weighted by atomic mass is 10.1. The fourth-order valence-corrected chi connectivity index (χ4v) is 2.07. The van der Waals surface area contributed by atoms with E-state index in [-0.39, 0.29) is 24.2 Å². The van der Waals surface area contributed by atoms with Crippen LogP contribution in [0.4, 0.5) is 11.4 Å². The van der Waals surface area contributed by atoms with Crippen LogP contribution in [-0.4, -0.2) is 24.2 Å². The summed E-state index contributed by atoms with van der Waals surface area (Å²) in [5.74, 6) is -0.152. The van der Waals surface area contributed by atoms with E-state index in [4.69, 9.17) is 4.74 Å². The predicted octanol–water partition coefficient (Wildman–Crippen LogP) is 2.87. The number of ether oxygens (including phenoxy) is 1. The normalized spacial score (nSPS) is 9.92. The standard InChI is InChI=1S/C18H18N2O4/c1-12(21)16-5-3-4-6-17(16)20-18(23)11-24-15-9-7-14(8-10-15)19-13(2)22/h3-10H,11H2,1-2H3,(H,19,22)(H,20,23). The zero-order chi connectivity index (χ0) is 17.5. The van der Waals surface area contributed by atoms with Crippen molar-refractivity contribution < 1.29 is 19.1 Å². The molecule has 2 rings (SSSR count). The second kappa shape index (κ2) is 7.92. The van der Waals surface area contributed by atoms with E-state index in [2.05, 4.69) is 10.6 Å². The van der Waals surface area contributed by atoms with Crippen molar-refractivity contribution in [3.8, 4) is 5.75 Å². The van der Waals surface area contributed by atoms with E-state index >= 15 is 0 Å². The first kappa shape index (κ1) is 17.2. The lowest BCUT2D eigenvalue weighted by Crippen LogP contribution is -2.21. The molecule has 0 atom stereocenters. The summed E-state index contributed by atoms with van der Waals surface area (Å²) in [5, 5.41) is 5.30. The van der Waals surface area contributed by atoms with Crippen molar-refractivity contribution >= 4 is 29.0 Å². The van der Waals surface area contributed by atoms with Gasteiger partial charge in [0.05, 0.1) is 5.69 Å². The topological polar surface area (TPSA) is 84.5 Å². The van der Waals surface area contributed by atoms with Gasteiger partial charge in [0.15, 0.2) is 12.4 Å². The number of carbonyl (C=O) groups is 3. The first-order valence-electron chi connectivity index (χ1n) is 7.36. The summed E-state index contributed by atoms with van der Waals surface area (Å²) in [4.78, 5) is 34.4. The number of para-hydroxylation sites is 1. The van der Waals surface area contributed by atoms with Gasteiger partial charge < -0.3 is 15.4 Å². The number of rotatable bonds is 6. The maximum atomic E-state index is 12.0. The molecule has 0 unspecified atom stereocenters. The fourth-order valence-electron chi connectivity index (χ4n) is 2.07. The summed E-state index contributed by atoms with van der Waals surface area (Å²) >= 11 is 0. The van der Waals surface area contributed by atoms with E-state index in [1.807, 2.05) is 0 Å². The number of amides is 2. The number of nitrogens with one attached hydrogen (secondary N) is 2. The van der Waals surface area contributed by atoms with Crippen molar-refractivity contribution in [2.24, 2.45) is 0 Å². The molecule has 6 nitrogen and oxygen atoms in total. The van der Waals surface area contributed by atoms with Gasteiger partial charge in [0.2, 0.25) is 5.91 Å². The summed E-state index contributed by atoms with van der Waals surface area (Å²) < 4.78 is 5.39. The van der Waals surface area contributed by atoms with Gasteiger partial charge in [0.1, 0.15) is 5.75 Å². The average molecular weight is 326 g/mol. The third-order valence-corrected chi connectivity index (χ3v) is 3.13. The highest BCUT2D eigenvalue weighted by Gasteiger charge is 2.10. The van der Waals surface area contributed by atoms with Crippen molar-refractivity contribution in [2.75, 3.05) is 17.2 Å². The largest absolute Gasteiger partial charge is 0.484 e. The number of anilines is 2. The molecule has 0 spiro atoms. The quantitative estimate of drug-likeness (QED) is 0.799. The van der Waals surface area contributed by atoms with Crippen LogP contribution >= 0.6 is 0 Å². The Morgan fingerprint density at radius 1 is 0.917 bits per heavy atom. The molecule has 24 heavy (non-hydrogen) atoms. The predicted molar refractivity (Wildman–Crippen MR) is 91.3 cm³/mol. The minimum Gasteiger partial charge on any atom is -0.484 e. The Labute approximate surface area is 139 Å². The summed E-state index contributed by atoms with van der Waals surface area (Å²) in [6.07, 6.45) is 0. The highest BCUT2D eigenvalue weighted by Crippen LogP contribution is 2.17. The van der Waals surface area contributed by atoms with Gasteiger partial charge in [0.25, 0.3) is 5.91 Å². The van der Waals surface area contributed by atoms with Crippen LogP contribution < -0.4 is 15.4 Å². The van der Waals surface area contributed by atoms with E-state index in [1.165, 1.54) is 13.8 Å². The van der Waals surface area contributed by atoms with Crippen LogP contribution in [0.5, 0.6) is 5.75 Å². The molecule has 0 aromatic heterocycles. The Hall–Kier alpha value is -3.15. The maximum absolute atomic E-state index is 12.0. The van der Waals surface area contributed by atoms with E-state index in [1.54, 1.807) is 48.5 Å². The summed E-state index contributed by atoms with van der Waals surface area (Å²) in [7, 11) is 0. The van der Waals surface area contributed by atoms with Gasteiger partial charge in [-0.1, -0.05) is 12.1 Å². The first-order valence-corrected chi connectivity index (χ1v) is 7.36. The fraction of sp³-hybridized carbons (Fsp3) is 0.167. The van der Waals surface area contributed by atoms with Crippen molar-refractivity contribution in [1.82, 2.24) is 0 Å². The summed E-state index contributed by atoms with van der Waals surface area (Å²) in [5.41, 5.74) is 1.56. The maximum Gasteiger partial charge on any atom is 0.262 e. The molecule has 0 saturated carbocycles. The smallest absolute Gasteiger partial charge is 0.262 e. The molecule has 0 heterocycles. The number of benzene rings is 2. The molecule has 0 fully saturated rings. The Morgan fingerprint density at radius 2 is 1.58 bits per heavy atom. The van der Waals surface area contributed by atoms with Gasteiger partial charge >= 0.3 is 0 Å². The molecule has 0 bridgehead atoms. The number of hydrogen-bond acceptors (Lipinski definition) is 4. The second-order valence-electron chi connectivity index (χ2n) is 5.14. The van der Waals surface area contributed by atoms with E-state index < -0.39 is 0 Å². The van der Waals surface area contributed by atoms with Crippen molar-refractivity contribution in [3.05, 3.63) is 54.1 Å². The van der Waals surface area contributed by atoms with Crippen molar-refractivity contribution in [1.29, 1.82) is 0 Å². The Kier molecular flexibility index (Phi) is 5.68. The molecular weight excluding hydrogens is 308 g/mol. The number of hydrogen-bond donors (Lipinski definition) is 2. The van der Waals surface area contributed by atoms with E-state index in [9.17, 15) is 14.4 Å². The third kappa shape index (κ3) is 4.95. The lowest BCUT2D eigenvalue weighted by molar-refractivity contribution is -0.118. The number of carbonyl (C=O) groups excluding carboxylic acids is 3. The lowest BCUT2D eigenvalue weighted by Gasteiger charge is -2.10. The Bertz CT molecular complexity index is 754. The average Bonchev–Trinajstić information content (AvgIpc) is 2.54. The monoisotopic (exact) mass is 326 g/mol. The molecule has 2 amide bonds. The highest BCUT2D eigenvalue weighted by atomic mass is 16.5. The van der Waals surface area contributed by atoms with Gasteiger partial charge in [0, 0.05) is 18.2 Å². The Morgan fingerprint density at radius 3 is 2.21 bits per heavy atom. The van der Waals surface area contributed by atoms with Gasteiger partial charge in [-0.2, -0.15) is 0 Å². The zero-order valence-electron chi connectivity index (χ0n) is 13.5. The molecule has 0 aliphatic rings. The number of Topliss-reactive ketones (excluding diaryl/α,β-unsaturated/α-hetero) is 1. The molecule has 0 aliphatic carbocycles. The zero-order valence-corrected chi connectivity index (χ0v) is 13.5. The molecule has 0 aliphatic heterocycles. The first-order chi connectivity index (χ1) is 11.5. The Balaban J connectivity index is 1.92. The summed E-state index contributed by atoms with van der Waals surface area (Å²) in [6.45, 7) is 2.68. The number of ketones is 1. The molecule has 0 saturated heterocycles. The molecule has 124 valence electrons.